The molecule has 0 bridgehead atoms. The molecule has 0 unspecified atom stereocenters. The molecule has 2 nitrogen and oxygen atoms in total. The molecule has 0 aromatic rings. The molecule has 0 fully saturated rings. The van der Waals surface area contributed by atoms with Gasteiger partial charge in [-0.1, -0.05) is 64.7 Å². The second-order valence-corrected chi connectivity index (χ2v) is 6.37. The lowest BCUT2D eigenvalue weighted by Crippen LogP contribution is -1.98. The predicted octanol–water partition coefficient (Wildman–Crippen LogP) is 6.74. The van der Waals surface area contributed by atoms with Gasteiger partial charge in [0.15, 0.2) is 0 Å². The van der Waals surface area contributed by atoms with E-state index in [1.807, 2.05) is 0 Å². The van der Waals surface area contributed by atoms with Gasteiger partial charge in [-0.25, -0.2) is 0 Å². The normalized spacial score (nSPS) is 10.2. The maximum atomic E-state index is 10.9. The highest BCUT2D eigenvalue weighted by atomic mass is 16.5. The minimum atomic E-state index is -0.0959. The Kier molecular flexibility index (Phi) is 18.2. The zero-order valence-corrected chi connectivity index (χ0v) is 15.6. The summed E-state index contributed by atoms with van der Waals surface area (Å²) in [6.45, 7) is 2.27. The van der Waals surface area contributed by atoms with Crippen molar-refractivity contribution >= 4 is 5.97 Å². The topological polar surface area (TPSA) is 26.3 Å². The molecular formula is C21H38O2. The number of rotatable bonds is 16. The van der Waals surface area contributed by atoms with E-state index in [9.17, 15) is 4.79 Å². The molecule has 0 saturated carbocycles. The summed E-state index contributed by atoms with van der Waals surface area (Å²) in [5.41, 5.74) is 3.28. The molecule has 134 valence electrons. The van der Waals surface area contributed by atoms with Crippen molar-refractivity contribution in [2.24, 2.45) is 0 Å². The average molecular weight is 323 g/mol. The van der Waals surface area contributed by atoms with E-state index >= 15 is 0 Å². The molecule has 0 amide bonds. The van der Waals surface area contributed by atoms with Crippen LogP contribution in [0.5, 0.6) is 0 Å². The van der Waals surface area contributed by atoms with Gasteiger partial charge in [0.1, 0.15) is 0 Å². The maximum absolute atomic E-state index is 10.9. The van der Waals surface area contributed by atoms with Gasteiger partial charge in [-0.05, 0) is 44.3 Å². The van der Waals surface area contributed by atoms with Crippen LogP contribution in [0.15, 0.2) is 17.9 Å². The number of hydrogen-bond acceptors (Lipinski definition) is 2. The van der Waals surface area contributed by atoms with Crippen molar-refractivity contribution in [2.45, 2.75) is 103 Å². The van der Waals surface area contributed by atoms with E-state index in [-0.39, 0.29) is 5.97 Å². The van der Waals surface area contributed by atoms with Crippen LogP contribution in [-0.4, -0.2) is 13.1 Å². The van der Waals surface area contributed by atoms with Gasteiger partial charge in [0.05, 0.1) is 7.11 Å². The molecule has 0 N–H and O–H groups in total. The lowest BCUT2D eigenvalue weighted by Gasteiger charge is -2.00. The first-order valence-corrected chi connectivity index (χ1v) is 9.77. The lowest BCUT2D eigenvalue weighted by atomic mass is 10.1. The molecule has 0 saturated heterocycles. The molecule has 0 aliphatic carbocycles. The fraction of sp³-hybridized carbons (Fsp3) is 0.810. The minimum absolute atomic E-state index is 0.0959. The SMILES string of the molecule is CCCCCCCCCCCC=C=CCCCCCC(=O)OC. The monoisotopic (exact) mass is 322 g/mol. The Labute approximate surface area is 144 Å². The summed E-state index contributed by atoms with van der Waals surface area (Å²) in [5, 5.41) is 0. The molecule has 0 radical (unpaired) electrons. The molecule has 0 aromatic carbocycles. The van der Waals surface area contributed by atoms with E-state index in [4.69, 9.17) is 0 Å². The molecule has 0 rings (SSSR count). The summed E-state index contributed by atoms with van der Waals surface area (Å²) in [7, 11) is 1.45. The maximum Gasteiger partial charge on any atom is 0.305 e. The number of hydrogen-bond donors (Lipinski definition) is 0. The first-order valence-electron chi connectivity index (χ1n) is 9.77. The largest absolute Gasteiger partial charge is 0.469 e. The van der Waals surface area contributed by atoms with E-state index in [1.165, 1.54) is 64.9 Å². The van der Waals surface area contributed by atoms with Gasteiger partial charge in [-0.3, -0.25) is 4.79 Å². The number of carbonyl (C=O) groups excluding carboxylic acids is 1. The number of ether oxygens (including phenoxy) is 1. The summed E-state index contributed by atoms with van der Waals surface area (Å²) in [5.74, 6) is -0.0959. The molecule has 23 heavy (non-hydrogen) atoms. The highest BCUT2D eigenvalue weighted by Gasteiger charge is 1.97. The fourth-order valence-electron chi connectivity index (χ4n) is 2.60. The van der Waals surface area contributed by atoms with E-state index in [2.05, 4.69) is 29.5 Å². The van der Waals surface area contributed by atoms with Crippen molar-refractivity contribution in [3.8, 4) is 0 Å². The number of esters is 1. The highest BCUT2D eigenvalue weighted by molar-refractivity contribution is 5.68. The Hall–Kier alpha value is -1.01. The van der Waals surface area contributed by atoms with Crippen LogP contribution in [-0.2, 0) is 9.53 Å². The van der Waals surface area contributed by atoms with Crippen molar-refractivity contribution in [1.82, 2.24) is 0 Å². The average Bonchev–Trinajstić information content (AvgIpc) is 2.57. The van der Waals surface area contributed by atoms with Crippen LogP contribution < -0.4 is 0 Å². The summed E-state index contributed by atoms with van der Waals surface area (Å²) in [4.78, 5) is 10.9. The lowest BCUT2D eigenvalue weighted by molar-refractivity contribution is -0.140. The molecule has 0 aliphatic rings. The van der Waals surface area contributed by atoms with Gasteiger partial charge in [0.25, 0.3) is 0 Å². The summed E-state index contributed by atoms with van der Waals surface area (Å²) < 4.78 is 4.62. The molecule has 0 aliphatic heterocycles. The van der Waals surface area contributed by atoms with Gasteiger partial charge in [0.2, 0.25) is 0 Å². The third-order valence-electron chi connectivity index (χ3n) is 4.14. The van der Waals surface area contributed by atoms with Crippen LogP contribution >= 0.6 is 0 Å². The van der Waals surface area contributed by atoms with Gasteiger partial charge >= 0.3 is 5.97 Å². The quantitative estimate of drug-likeness (QED) is 0.179. The zero-order valence-electron chi connectivity index (χ0n) is 15.6. The van der Waals surface area contributed by atoms with Crippen LogP contribution in [0.25, 0.3) is 0 Å². The Morgan fingerprint density at radius 2 is 1.26 bits per heavy atom. The van der Waals surface area contributed by atoms with Crippen LogP contribution in [0.4, 0.5) is 0 Å². The number of methoxy groups -OCH3 is 1. The fourth-order valence-corrected chi connectivity index (χ4v) is 2.60. The van der Waals surface area contributed by atoms with Gasteiger partial charge in [-0.2, -0.15) is 0 Å². The second kappa shape index (κ2) is 19.0. The number of unbranched alkanes of at least 4 members (excludes halogenated alkanes) is 12. The first kappa shape index (κ1) is 22.0. The summed E-state index contributed by atoms with van der Waals surface area (Å²) in [6, 6.07) is 0. The number of carbonyl (C=O) groups is 1. The van der Waals surface area contributed by atoms with E-state index in [0.29, 0.717) is 6.42 Å². The van der Waals surface area contributed by atoms with Gasteiger partial charge in [-0.15, -0.1) is 5.73 Å². The third-order valence-corrected chi connectivity index (χ3v) is 4.14. The zero-order chi connectivity index (χ0) is 17.0. The molecule has 0 aromatic heterocycles. The Morgan fingerprint density at radius 1 is 0.783 bits per heavy atom. The molecule has 0 spiro atoms. The van der Waals surface area contributed by atoms with Crippen LogP contribution in [0.2, 0.25) is 0 Å². The predicted molar refractivity (Wildman–Crippen MR) is 99.6 cm³/mol. The van der Waals surface area contributed by atoms with Gasteiger partial charge < -0.3 is 4.74 Å². The Bertz CT molecular complexity index is 314. The van der Waals surface area contributed by atoms with Gasteiger partial charge in [0, 0.05) is 6.42 Å². The summed E-state index contributed by atoms with van der Waals surface area (Å²) in [6.07, 6.45) is 22.7. The van der Waals surface area contributed by atoms with Crippen molar-refractivity contribution in [2.75, 3.05) is 7.11 Å². The molecule has 0 atom stereocenters. The van der Waals surface area contributed by atoms with E-state index in [0.717, 1.165) is 32.1 Å². The Balaban J connectivity index is 3.22. The Morgan fingerprint density at radius 3 is 1.78 bits per heavy atom. The minimum Gasteiger partial charge on any atom is -0.469 e. The van der Waals surface area contributed by atoms with Crippen LogP contribution in [0, 0.1) is 0 Å². The first-order chi connectivity index (χ1) is 11.3. The van der Waals surface area contributed by atoms with E-state index < -0.39 is 0 Å². The van der Waals surface area contributed by atoms with Crippen LogP contribution in [0.1, 0.15) is 103 Å². The van der Waals surface area contributed by atoms with E-state index in [1.54, 1.807) is 0 Å². The van der Waals surface area contributed by atoms with Crippen molar-refractivity contribution in [1.29, 1.82) is 0 Å². The summed E-state index contributed by atoms with van der Waals surface area (Å²) >= 11 is 0. The van der Waals surface area contributed by atoms with Crippen LogP contribution in [0.3, 0.4) is 0 Å². The third kappa shape index (κ3) is 18.9. The molecule has 0 heterocycles. The van der Waals surface area contributed by atoms with Crippen molar-refractivity contribution < 1.29 is 9.53 Å². The smallest absolute Gasteiger partial charge is 0.305 e. The van der Waals surface area contributed by atoms with Crippen molar-refractivity contribution in [3.63, 3.8) is 0 Å². The number of allylic oxidation sites excluding steroid dienone is 1. The molecular weight excluding hydrogens is 284 g/mol. The highest BCUT2D eigenvalue weighted by Crippen LogP contribution is 2.10. The standard InChI is InChI=1S/C21H38O2/c1-3-4-5-6-7-8-9-10-11-12-13-14-15-16-17-18-19-20-21(22)23-2/h13,15H,3-12,16-20H2,1-2H3. The molecule has 2 heteroatoms. The second-order valence-electron chi connectivity index (χ2n) is 6.37. The van der Waals surface area contributed by atoms with Crippen molar-refractivity contribution in [3.05, 3.63) is 17.9 Å².